The maximum absolute atomic E-state index is 12.6. The lowest BCUT2D eigenvalue weighted by atomic mass is 10.2. The second-order valence-electron chi connectivity index (χ2n) is 6.12. The second-order valence-corrected chi connectivity index (χ2v) is 8.05. The third-order valence-electron chi connectivity index (χ3n) is 4.23. The Morgan fingerprint density at radius 3 is 2.45 bits per heavy atom. The normalized spacial score (nSPS) is 11.3. The number of anilines is 2. The molecule has 0 atom stereocenters. The van der Waals surface area contributed by atoms with E-state index in [2.05, 4.69) is 10.6 Å². The molecule has 0 heterocycles. The van der Waals surface area contributed by atoms with E-state index >= 15 is 0 Å². The highest BCUT2D eigenvalue weighted by atomic mass is 32.2. The molecule has 0 aromatic heterocycles. The van der Waals surface area contributed by atoms with Gasteiger partial charge in [-0.05, 0) is 24.3 Å². The fourth-order valence-corrected chi connectivity index (χ4v) is 4.27. The first-order chi connectivity index (χ1) is 13.8. The summed E-state index contributed by atoms with van der Waals surface area (Å²) >= 11 is 0. The summed E-state index contributed by atoms with van der Waals surface area (Å²) in [6.45, 7) is 4.42. The average molecular weight is 420 g/mol. The molecule has 9 nitrogen and oxygen atoms in total. The van der Waals surface area contributed by atoms with Gasteiger partial charge in [-0.3, -0.25) is 14.9 Å². The number of para-hydroxylation sites is 2. The lowest BCUT2D eigenvalue weighted by molar-refractivity contribution is -0.384. The highest BCUT2D eigenvalue weighted by molar-refractivity contribution is 7.89. The van der Waals surface area contributed by atoms with E-state index in [9.17, 15) is 23.3 Å². The Bertz CT molecular complexity index is 974. The fourth-order valence-electron chi connectivity index (χ4n) is 2.76. The molecular formula is C19H24N4O5S. The number of carbonyl (C=O) groups is 1. The SMILES string of the molecule is CCN(CC)S(=O)(=O)c1cccc(NC(=O)CCNc2ccccc2[N+](=O)[O-])c1. The van der Waals surface area contributed by atoms with Gasteiger partial charge in [0.05, 0.1) is 9.82 Å². The van der Waals surface area contributed by atoms with Crippen molar-refractivity contribution in [3.63, 3.8) is 0 Å². The van der Waals surface area contributed by atoms with Gasteiger partial charge >= 0.3 is 0 Å². The molecule has 0 spiro atoms. The van der Waals surface area contributed by atoms with Gasteiger partial charge in [-0.2, -0.15) is 4.31 Å². The molecule has 29 heavy (non-hydrogen) atoms. The van der Waals surface area contributed by atoms with Crippen LogP contribution in [0.5, 0.6) is 0 Å². The van der Waals surface area contributed by atoms with Gasteiger partial charge in [-0.1, -0.05) is 32.0 Å². The van der Waals surface area contributed by atoms with Gasteiger partial charge in [0.25, 0.3) is 5.69 Å². The first-order valence-electron chi connectivity index (χ1n) is 9.17. The number of nitrogens with zero attached hydrogens (tertiary/aromatic N) is 2. The molecule has 0 saturated carbocycles. The van der Waals surface area contributed by atoms with E-state index in [0.29, 0.717) is 24.5 Å². The molecule has 1 amide bonds. The second kappa shape index (κ2) is 9.99. The van der Waals surface area contributed by atoms with Crippen LogP contribution in [-0.4, -0.2) is 43.2 Å². The lowest BCUT2D eigenvalue weighted by Gasteiger charge is -2.18. The predicted octanol–water partition coefficient (Wildman–Crippen LogP) is 3.07. The molecule has 0 aliphatic heterocycles. The maximum atomic E-state index is 12.6. The van der Waals surface area contributed by atoms with Crippen molar-refractivity contribution in [3.8, 4) is 0 Å². The first kappa shape index (κ1) is 22.3. The number of benzene rings is 2. The van der Waals surface area contributed by atoms with Crippen LogP contribution in [0.1, 0.15) is 20.3 Å². The zero-order valence-electron chi connectivity index (χ0n) is 16.3. The Kier molecular flexibility index (Phi) is 7.68. The van der Waals surface area contributed by atoms with Gasteiger partial charge in [0.2, 0.25) is 15.9 Å². The van der Waals surface area contributed by atoms with Crippen LogP contribution >= 0.6 is 0 Å². The van der Waals surface area contributed by atoms with Gasteiger partial charge in [0.1, 0.15) is 5.69 Å². The molecule has 2 rings (SSSR count). The average Bonchev–Trinajstić information content (AvgIpc) is 2.69. The van der Waals surface area contributed by atoms with E-state index in [1.54, 1.807) is 44.2 Å². The van der Waals surface area contributed by atoms with Crippen LogP contribution in [0, 0.1) is 10.1 Å². The number of rotatable bonds is 10. The van der Waals surface area contributed by atoms with E-state index in [-0.39, 0.29) is 29.5 Å². The number of carbonyl (C=O) groups excluding carboxylic acids is 1. The van der Waals surface area contributed by atoms with Crippen LogP contribution in [0.4, 0.5) is 17.1 Å². The summed E-state index contributed by atoms with van der Waals surface area (Å²) in [5.74, 6) is -0.339. The van der Waals surface area contributed by atoms with Crippen molar-refractivity contribution in [3.05, 3.63) is 58.6 Å². The molecule has 0 unspecified atom stereocenters. The lowest BCUT2D eigenvalue weighted by Crippen LogP contribution is -2.30. The van der Waals surface area contributed by atoms with Gasteiger partial charge in [-0.25, -0.2) is 8.42 Å². The largest absolute Gasteiger partial charge is 0.379 e. The minimum Gasteiger partial charge on any atom is -0.379 e. The van der Waals surface area contributed by atoms with Gasteiger partial charge < -0.3 is 10.6 Å². The number of hydrogen-bond donors (Lipinski definition) is 2. The number of sulfonamides is 1. The van der Waals surface area contributed by atoms with Crippen LogP contribution in [0.3, 0.4) is 0 Å². The Morgan fingerprint density at radius 1 is 1.10 bits per heavy atom. The number of hydrogen-bond acceptors (Lipinski definition) is 6. The molecule has 156 valence electrons. The van der Waals surface area contributed by atoms with Crippen molar-refractivity contribution >= 4 is 33.0 Å². The van der Waals surface area contributed by atoms with E-state index in [4.69, 9.17) is 0 Å². The summed E-state index contributed by atoms with van der Waals surface area (Å²) in [7, 11) is -3.62. The standard InChI is InChI=1S/C19H24N4O5S/c1-3-22(4-2)29(27,28)16-9-7-8-15(14-16)21-19(24)12-13-20-17-10-5-6-11-18(17)23(25)26/h5-11,14,20H,3-4,12-13H2,1-2H3,(H,21,24). The molecule has 0 aliphatic carbocycles. The third kappa shape index (κ3) is 5.75. The summed E-state index contributed by atoms with van der Waals surface area (Å²) in [6.07, 6.45) is 0.0546. The van der Waals surface area contributed by atoms with Crippen molar-refractivity contribution in [2.45, 2.75) is 25.2 Å². The number of nitro groups is 1. The molecule has 2 aromatic carbocycles. The summed E-state index contributed by atoms with van der Waals surface area (Å²) in [5, 5.41) is 16.5. The van der Waals surface area contributed by atoms with Crippen LogP contribution < -0.4 is 10.6 Å². The fraction of sp³-hybridized carbons (Fsp3) is 0.316. The van der Waals surface area contributed by atoms with Crippen molar-refractivity contribution in [2.24, 2.45) is 0 Å². The van der Waals surface area contributed by atoms with E-state index in [1.165, 1.54) is 22.5 Å². The molecule has 0 fully saturated rings. The molecule has 10 heteroatoms. The molecule has 0 saturated heterocycles. The molecule has 0 aliphatic rings. The quantitative estimate of drug-likeness (QED) is 0.450. The van der Waals surface area contributed by atoms with Gasteiger partial charge in [0.15, 0.2) is 0 Å². The Hall–Kier alpha value is -2.98. The van der Waals surface area contributed by atoms with Crippen molar-refractivity contribution in [1.29, 1.82) is 0 Å². The Morgan fingerprint density at radius 2 is 1.79 bits per heavy atom. The zero-order valence-corrected chi connectivity index (χ0v) is 17.1. The number of nitro benzene ring substituents is 1. The zero-order chi connectivity index (χ0) is 21.4. The third-order valence-corrected chi connectivity index (χ3v) is 6.28. The summed E-state index contributed by atoms with van der Waals surface area (Å²) < 4.78 is 26.5. The highest BCUT2D eigenvalue weighted by Gasteiger charge is 2.21. The molecule has 0 radical (unpaired) electrons. The van der Waals surface area contributed by atoms with Crippen LogP contribution in [0.15, 0.2) is 53.4 Å². The Labute approximate surface area is 169 Å². The van der Waals surface area contributed by atoms with E-state index in [0.717, 1.165) is 0 Å². The number of amides is 1. The van der Waals surface area contributed by atoms with Crippen molar-refractivity contribution in [2.75, 3.05) is 30.3 Å². The van der Waals surface area contributed by atoms with E-state index < -0.39 is 14.9 Å². The summed E-state index contributed by atoms with van der Waals surface area (Å²) in [4.78, 5) is 22.8. The monoisotopic (exact) mass is 420 g/mol. The minimum atomic E-state index is -3.62. The van der Waals surface area contributed by atoms with Gasteiger partial charge in [0, 0.05) is 37.8 Å². The predicted molar refractivity (Wildman–Crippen MR) is 111 cm³/mol. The van der Waals surface area contributed by atoms with Crippen molar-refractivity contribution < 1.29 is 18.1 Å². The van der Waals surface area contributed by atoms with Gasteiger partial charge in [-0.15, -0.1) is 0 Å². The molecular weight excluding hydrogens is 396 g/mol. The topological polar surface area (TPSA) is 122 Å². The Balaban J connectivity index is 1.99. The highest BCUT2D eigenvalue weighted by Crippen LogP contribution is 2.23. The minimum absolute atomic E-state index is 0.0546. The maximum Gasteiger partial charge on any atom is 0.292 e. The first-order valence-corrected chi connectivity index (χ1v) is 10.6. The van der Waals surface area contributed by atoms with Crippen LogP contribution in [0.2, 0.25) is 0 Å². The molecule has 2 N–H and O–H groups in total. The van der Waals surface area contributed by atoms with E-state index in [1.807, 2.05) is 0 Å². The van der Waals surface area contributed by atoms with Crippen LogP contribution in [0.25, 0.3) is 0 Å². The number of nitrogens with one attached hydrogen (secondary N) is 2. The summed E-state index contributed by atoms with van der Waals surface area (Å²) in [6, 6.07) is 12.3. The summed E-state index contributed by atoms with van der Waals surface area (Å²) in [5.41, 5.74) is 0.633. The van der Waals surface area contributed by atoms with Crippen molar-refractivity contribution in [1.82, 2.24) is 4.31 Å². The molecule has 2 aromatic rings. The smallest absolute Gasteiger partial charge is 0.292 e. The molecule has 0 bridgehead atoms. The van der Waals surface area contributed by atoms with Crippen LogP contribution in [-0.2, 0) is 14.8 Å².